The van der Waals surface area contributed by atoms with Crippen LogP contribution < -0.4 is 23.7 Å². The van der Waals surface area contributed by atoms with Gasteiger partial charge in [0.25, 0.3) is 0 Å². The molecular weight excluding hydrogens is 432 g/mol. The van der Waals surface area contributed by atoms with Gasteiger partial charge in [-0.1, -0.05) is 0 Å². The topological polar surface area (TPSA) is 75.8 Å². The molecule has 0 saturated carbocycles. The lowest BCUT2D eigenvalue weighted by molar-refractivity contribution is 0.0952. The van der Waals surface area contributed by atoms with E-state index in [-0.39, 0.29) is 5.78 Å². The van der Waals surface area contributed by atoms with Gasteiger partial charge in [-0.3, -0.25) is 4.79 Å². The molecule has 8 heteroatoms. The molecule has 0 aromatic heterocycles. The monoisotopic (exact) mass is 452 g/mol. The van der Waals surface area contributed by atoms with Crippen LogP contribution in [0.5, 0.6) is 28.7 Å². The highest BCUT2D eigenvalue weighted by atomic mass is 79.9. The van der Waals surface area contributed by atoms with Gasteiger partial charge in [0, 0.05) is 10.0 Å². The third-order valence-corrected chi connectivity index (χ3v) is 5.16. The number of ether oxygens (including phenoxy) is 6. The van der Waals surface area contributed by atoms with E-state index in [9.17, 15) is 4.79 Å². The molecule has 1 aliphatic heterocycles. The van der Waals surface area contributed by atoms with Crippen LogP contribution in [0, 0.1) is 0 Å². The van der Waals surface area contributed by atoms with E-state index in [1.54, 1.807) is 24.3 Å². The fraction of sp³-hybridized carbons (Fsp3) is 0.350. The molecule has 2 atom stereocenters. The van der Waals surface area contributed by atoms with E-state index in [0.717, 1.165) is 5.56 Å². The first kappa shape index (κ1) is 20.3. The van der Waals surface area contributed by atoms with Crippen LogP contribution in [0.2, 0.25) is 0 Å². The molecular formula is C20H21BrO7. The minimum absolute atomic E-state index is 0.161. The van der Waals surface area contributed by atoms with Crippen molar-refractivity contribution in [2.45, 2.75) is 12.2 Å². The third kappa shape index (κ3) is 3.62. The lowest BCUT2D eigenvalue weighted by Gasteiger charge is -2.13. The van der Waals surface area contributed by atoms with Crippen LogP contribution >= 0.6 is 15.9 Å². The van der Waals surface area contributed by atoms with Crippen LogP contribution in [0.1, 0.15) is 22.0 Å². The number of rotatable bonds is 8. The summed E-state index contributed by atoms with van der Waals surface area (Å²) in [5.41, 5.74) is 1.22. The quantitative estimate of drug-likeness (QED) is 0.445. The molecule has 7 nitrogen and oxygen atoms in total. The second-order valence-corrected chi connectivity index (χ2v) is 6.84. The predicted octanol–water partition coefficient (Wildman–Crippen LogP) is 3.81. The minimum atomic E-state index is -0.614. The highest BCUT2D eigenvalue weighted by Crippen LogP contribution is 2.47. The molecule has 0 bridgehead atoms. The van der Waals surface area contributed by atoms with E-state index >= 15 is 0 Å². The molecule has 1 aliphatic rings. The second kappa shape index (κ2) is 8.28. The van der Waals surface area contributed by atoms with Crippen LogP contribution in [0.25, 0.3) is 0 Å². The molecule has 1 fully saturated rings. The molecule has 0 aliphatic carbocycles. The number of hydrogen-bond acceptors (Lipinski definition) is 7. The Morgan fingerprint density at radius 3 is 1.86 bits per heavy atom. The van der Waals surface area contributed by atoms with Gasteiger partial charge in [0.05, 0.1) is 35.5 Å². The summed E-state index contributed by atoms with van der Waals surface area (Å²) in [6, 6.07) is 6.90. The van der Waals surface area contributed by atoms with Crippen LogP contribution in [0.3, 0.4) is 0 Å². The van der Waals surface area contributed by atoms with Gasteiger partial charge >= 0.3 is 0 Å². The predicted molar refractivity (Wildman–Crippen MR) is 105 cm³/mol. The number of Topliss-reactive ketones (excluding diaryl/α,β-unsaturated/α-hetero) is 1. The summed E-state index contributed by atoms with van der Waals surface area (Å²) in [5, 5.41) is 0. The Hall–Kier alpha value is -2.45. The number of epoxide rings is 1. The van der Waals surface area contributed by atoms with E-state index < -0.39 is 12.2 Å². The normalized spacial score (nSPS) is 17.6. The Bertz CT molecular complexity index is 871. The smallest absolute Gasteiger partial charge is 0.203 e. The summed E-state index contributed by atoms with van der Waals surface area (Å²) >= 11 is 3.42. The zero-order chi connectivity index (χ0) is 20.4. The van der Waals surface area contributed by atoms with Crippen LogP contribution in [0.4, 0.5) is 0 Å². The summed E-state index contributed by atoms with van der Waals surface area (Å²) in [6.45, 7) is 0. The Morgan fingerprint density at radius 2 is 1.36 bits per heavy atom. The zero-order valence-electron chi connectivity index (χ0n) is 16.2. The molecule has 0 spiro atoms. The number of hydrogen-bond donors (Lipinski definition) is 0. The van der Waals surface area contributed by atoms with E-state index in [1.165, 1.54) is 35.5 Å². The van der Waals surface area contributed by atoms with Crippen LogP contribution in [-0.4, -0.2) is 47.4 Å². The van der Waals surface area contributed by atoms with Gasteiger partial charge in [0.2, 0.25) is 5.75 Å². The van der Waals surface area contributed by atoms with Crippen molar-refractivity contribution in [3.8, 4) is 28.7 Å². The standard InChI is InChI=1S/C20H21BrO7/c1-23-13-8-11(12(21)9-14(13)24-2)17(22)20-18(28-20)10-6-15(25-3)19(27-5)16(7-10)26-4/h6-9,18,20H,1-5H3/t18-,20-/m0/s1. The van der Waals surface area contributed by atoms with Crippen molar-refractivity contribution in [1.82, 2.24) is 0 Å². The lowest BCUT2D eigenvalue weighted by Crippen LogP contribution is -2.10. The SMILES string of the molecule is COc1cc(Br)c(C(=O)[C@@H]2O[C@H]2c2cc(OC)c(OC)c(OC)c2)cc1OC. The fourth-order valence-electron chi connectivity index (χ4n) is 3.03. The fourth-order valence-corrected chi connectivity index (χ4v) is 3.54. The van der Waals surface area contributed by atoms with Crippen molar-refractivity contribution in [1.29, 1.82) is 0 Å². The second-order valence-electron chi connectivity index (χ2n) is 5.99. The molecule has 1 heterocycles. The molecule has 2 aromatic carbocycles. The van der Waals surface area contributed by atoms with Crippen molar-refractivity contribution >= 4 is 21.7 Å². The molecule has 0 N–H and O–H groups in total. The maximum absolute atomic E-state index is 13.0. The molecule has 0 amide bonds. The maximum Gasteiger partial charge on any atom is 0.203 e. The molecule has 0 radical (unpaired) electrons. The Labute approximate surface area is 171 Å². The number of carbonyl (C=O) groups excluding carboxylic acids is 1. The molecule has 2 aromatic rings. The van der Waals surface area contributed by atoms with E-state index in [1.807, 2.05) is 0 Å². The van der Waals surface area contributed by atoms with Gasteiger partial charge in [-0.25, -0.2) is 0 Å². The summed E-state index contributed by atoms with van der Waals surface area (Å²) in [4.78, 5) is 13.0. The van der Waals surface area contributed by atoms with Crippen molar-refractivity contribution < 1.29 is 33.2 Å². The highest BCUT2D eigenvalue weighted by Gasteiger charge is 2.47. The first-order chi connectivity index (χ1) is 13.5. The highest BCUT2D eigenvalue weighted by molar-refractivity contribution is 9.10. The van der Waals surface area contributed by atoms with Crippen molar-refractivity contribution in [3.63, 3.8) is 0 Å². The molecule has 3 rings (SSSR count). The largest absolute Gasteiger partial charge is 0.493 e. The first-order valence-electron chi connectivity index (χ1n) is 8.40. The van der Waals surface area contributed by atoms with Crippen LogP contribution in [-0.2, 0) is 4.74 Å². The van der Waals surface area contributed by atoms with Gasteiger partial charge in [-0.05, 0) is 45.8 Å². The maximum atomic E-state index is 13.0. The van der Waals surface area contributed by atoms with Crippen molar-refractivity contribution in [3.05, 3.63) is 39.9 Å². The zero-order valence-corrected chi connectivity index (χ0v) is 17.8. The Balaban J connectivity index is 1.89. The van der Waals surface area contributed by atoms with Gasteiger partial charge < -0.3 is 28.4 Å². The van der Waals surface area contributed by atoms with E-state index in [2.05, 4.69) is 15.9 Å². The Kier molecular flexibility index (Phi) is 6.00. The average Bonchev–Trinajstić information content (AvgIpc) is 3.52. The molecule has 0 unspecified atom stereocenters. The van der Waals surface area contributed by atoms with Gasteiger partial charge in [0.15, 0.2) is 34.9 Å². The van der Waals surface area contributed by atoms with Crippen molar-refractivity contribution in [2.75, 3.05) is 35.5 Å². The molecule has 1 saturated heterocycles. The number of methoxy groups -OCH3 is 5. The molecule has 28 heavy (non-hydrogen) atoms. The number of carbonyl (C=O) groups is 1. The summed E-state index contributed by atoms with van der Waals surface area (Å²) in [7, 11) is 7.67. The summed E-state index contributed by atoms with van der Waals surface area (Å²) in [5.74, 6) is 2.34. The van der Waals surface area contributed by atoms with Crippen LogP contribution in [0.15, 0.2) is 28.7 Å². The van der Waals surface area contributed by atoms with E-state index in [4.69, 9.17) is 28.4 Å². The number of benzene rings is 2. The van der Waals surface area contributed by atoms with Gasteiger partial charge in [0.1, 0.15) is 6.10 Å². The van der Waals surface area contributed by atoms with Gasteiger partial charge in [-0.2, -0.15) is 0 Å². The average molecular weight is 453 g/mol. The summed E-state index contributed by atoms with van der Waals surface area (Å²) < 4.78 is 32.9. The Morgan fingerprint density at radius 1 is 0.821 bits per heavy atom. The summed E-state index contributed by atoms with van der Waals surface area (Å²) in [6.07, 6.45) is -1.02. The van der Waals surface area contributed by atoms with Crippen molar-refractivity contribution in [2.24, 2.45) is 0 Å². The minimum Gasteiger partial charge on any atom is -0.493 e. The third-order valence-electron chi connectivity index (χ3n) is 4.50. The first-order valence-corrected chi connectivity index (χ1v) is 9.19. The number of halogens is 1. The lowest BCUT2D eigenvalue weighted by atomic mass is 10.0. The van der Waals surface area contributed by atoms with Gasteiger partial charge in [-0.15, -0.1) is 0 Å². The van der Waals surface area contributed by atoms with E-state index in [0.29, 0.717) is 38.8 Å². The number of ketones is 1. The molecule has 150 valence electrons.